The lowest BCUT2D eigenvalue weighted by atomic mass is 9.86. The maximum absolute atomic E-state index is 12.2. The van der Waals surface area contributed by atoms with Crippen molar-refractivity contribution < 1.29 is 19.1 Å². The highest BCUT2D eigenvalue weighted by Gasteiger charge is 2.23. The largest absolute Gasteiger partial charge is 0.493 e. The number of carbonyl (C=O) groups excluding carboxylic acids is 2. The first-order valence-corrected chi connectivity index (χ1v) is 8.98. The summed E-state index contributed by atoms with van der Waals surface area (Å²) in [5, 5.41) is 5.33. The van der Waals surface area contributed by atoms with E-state index in [0.717, 1.165) is 24.9 Å². The van der Waals surface area contributed by atoms with Crippen LogP contribution in [0, 0.1) is 5.92 Å². The molecule has 1 fully saturated rings. The van der Waals surface area contributed by atoms with Gasteiger partial charge in [-0.15, -0.1) is 0 Å². The van der Waals surface area contributed by atoms with Crippen LogP contribution in [0.25, 0.3) is 0 Å². The molecule has 7 nitrogen and oxygen atoms in total. The molecule has 0 heterocycles. The first-order valence-electron chi connectivity index (χ1n) is 8.98. The molecule has 0 radical (unpaired) electrons. The average molecular weight is 363 g/mol. The van der Waals surface area contributed by atoms with Gasteiger partial charge in [-0.05, 0) is 30.9 Å². The zero-order valence-corrected chi connectivity index (χ0v) is 16.0. The molecule has 2 N–H and O–H groups in total. The van der Waals surface area contributed by atoms with Gasteiger partial charge in [0.2, 0.25) is 5.91 Å². The summed E-state index contributed by atoms with van der Waals surface area (Å²) in [5.41, 5.74) is 0.791. The molecular formula is C19H29N3O4. The molecule has 1 saturated carbocycles. The number of anilines is 1. The van der Waals surface area contributed by atoms with E-state index in [4.69, 9.17) is 9.47 Å². The van der Waals surface area contributed by atoms with E-state index in [2.05, 4.69) is 17.6 Å². The lowest BCUT2D eigenvalue weighted by molar-refractivity contribution is -0.118. The Morgan fingerprint density at radius 1 is 1.15 bits per heavy atom. The summed E-state index contributed by atoms with van der Waals surface area (Å²) in [6.07, 6.45) is 4.40. The second-order valence-electron chi connectivity index (χ2n) is 6.79. The smallest absolute Gasteiger partial charge is 0.321 e. The maximum Gasteiger partial charge on any atom is 0.321 e. The van der Waals surface area contributed by atoms with Crippen LogP contribution in [0.15, 0.2) is 18.2 Å². The number of carbonyl (C=O) groups is 2. The van der Waals surface area contributed by atoms with Crippen molar-refractivity contribution in [2.45, 2.75) is 38.6 Å². The molecule has 7 heteroatoms. The zero-order chi connectivity index (χ0) is 19.1. The number of rotatable bonds is 6. The van der Waals surface area contributed by atoms with Gasteiger partial charge in [-0.3, -0.25) is 10.1 Å². The molecule has 0 aromatic heterocycles. The summed E-state index contributed by atoms with van der Waals surface area (Å²) < 4.78 is 10.5. The first-order chi connectivity index (χ1) is 12.4. The van der Waals surface area contributed by atoms with Crippen LogP contribution in [0.4, 0.5) is 10.5 Å². The van der Waals surface area contributed by atoms with Crippen molar-refractivity contribution in [3.63, 3.8) is 0 Å². The summed E-state index contributed by atoms with van der Waals surface area (Å²) >= 11 is 0. The average Bonchev–Trinajstić information content (AvgIpc) is 2.62. The molecule has 1 aromatic rings. The second-order valence-corrected chi connectivity index (χ2v) is 6.79. The quantitative estimate of drug-likeness (QED) is 0.812. The third kappa shape index (κ3) is 5.28. The number of methoxy groups -OCH3 is 2. The van der Waals surface area contributed by atoms with Gasteiger partial charge in [0.1, 0.15) is 0 Å². The predicted molar refractivity (Wildman–Crippen MR) is 101 cm³/mol. The van der Waals surface area contributed by atoms with Crippen LogP contribution in [0.5, 0.6) is 11.5 Å². The van der Waals surface area contributed by atoms with E-state index in [1.54, 1.807) is 38.3 Å². The fourth-order valence-electron chi connectivity index (χ4n) is 3.27. The Morgan fingerprint density at radius 2 is 1.85 bits per heavy atom. The van der Waals surface area contributed by atoms with Crippen molar-refractivity contribution in [3.8, 4) is 11.5 Å². The molecule has 0 aliphatic heterocycles. The Labute approximate surface area is 155 Å². The number of likely N-dealkylation sites (N-methyl/N-ethyl adjacent to an activating group) is 1. The Hall–Kier alpha value is -2.44. The molecule has 2 atom stereocenters. The Morgan fingerprint density at radius 3 is 2.50 bits per heavy atom. The maximum atomic E-state index is 12.2. The number of imide groups is 1. The van der Waals surface area contributed by atoms with Crippen LogP contribution in [-0.2, 0) is 4.79 Å². The van der Waals surface area contributed by atoms with Gasteiger partial charge in [0.05, 0.1) is 20.8 Å². The van der Waals surface area contributed by atoms with Gasteiger partial charge >= 0.3 is 6.03 Å². The summed E-state index contributed by atoms with van der Waals surface area (Å²) in [6.45, 7) is 2.19. The number of nitrogens with zero attached hydrogens (tertiary/aromatic N) is 1. The van der Waals surface area contributed by atoms with Gasteiger partial charge in [0, 0.05) is 24.8 Å². The van der Waals surface area contributed by atoms with Crippen molar-refractivity contribution in [1.82, 2.24) is 10.6 Å². The van der Waals surface area contributed by atoms with Crippen molar-refractivity contribution in [1.29, 1.82) is 0 Å². The highest BCUT2D eigenvalue weighted by Crippen LogP contribution is 2.31. The SMILES string of the molecule is COc1ccc(N(C)CC(=O)NC(=O)NC2CCCCC2C)cc1OC. The van der Waals surface area contributed by atoms with E-state index in [1.807, 2.05) is 6.07 Å². The number of amides is 3. The van der Waals surface area contributed by atoms with Crippen LogP contribution >= 0.6 is 0 Å². The lowest BCUT2D eigenvalue weighted by Gasteiger charge is -2.29. The Balaban J connectivity index is 1.87. The van der Waals surface area contributed by atoms with Gasteiger partial charge in [-0.25, -0.2) is 4.79 Å². The Bertz CT molecular complexity index is 635. The minimum atomic E-state index is -0.422. The highest BCUT2D eigenvalue weighted by atomic mass is 16.5. The minimum absolute atomic E-state index is 0.0587. The van der Waals surface area contributed by atoms with Crippen LogP contribution < -0.4 is 25.0 Å². The third-order valence-corrected chi connectivity index (χ3v) is 4.87. The number of nitrogens with one attached hydrogen (secondary N) is 2. The number of hydrogen-bond donors (Lipinski definition) is 2. The summed E-state index contributed by atoms with van der Waals surface area (Å²) in [4.78, 5) is 26.0. The topological polar surface area (TPSA) is 79.9 Å². The summed E-state index contributed by atoms with van der Waals surface area (Å²) in [7, 11) is 4.91. The standard InChI is InChI=1S/C19H29N3O4/c1-13-7-5-6-8-15(13)20-19(24)21-18(23)12-22(2)14-9-10-16(25-3)17(11-14)26-4/h9-11,13,15H,5-8,12H2,1-4H3,(H2,20,21,23,24). The fourth-order valence-corrected chi connectivity index (χ4v) is 3.27. The molecule has 144 valence electrons. The number of urea groups is 1. The molecule has 2 unspecified atom stereocenters. The molecule has 1 aliphatic rings. The number of benzene rings is 1. The lowest BCUT2D eigenvalue weighted by Crippen LogP contribution is -2.49. The second kappa shape index (κ2) is 9.31. The van der Waals surface area contributed by atoms with E-state index in [1.165, 1.54) is 6.42 Å². The molecule has 0 saturated heterocycles. The normalized spacial score (nSPS) is 19.4. The molecule has 26 heavy (non-hydrogen) atoms. The van der Waals surface area contributed by atoms with Crippen molar-refractivity contribution in [2.24, 2.45) is 5.92 Å². The molecule has 0 spiro atoms. The van der Waals surface area contributed by atoms with Gasteiger partial charge in [0.15, 0.2) is 11.5 Å². The number of ether oxygens (including phenoxy) is 2. The third-order valence-electron chi connectivity index (χ3n) is 4.87. The van der Waals surface area contributed by atoms with Crippen LogP contribution in [-0.4, -0.2) is 45.8 Å². The van der Waals surface area contributed by atoms with Gasteiger partial charge < -0.3 is 19.7 Å². The molecule has 0 bridgehead atoms. The van der Waals surface area contributed by atoms with E-state index in [-0.39, 0.29) is 18.5 Å². The number of hydrogen-bond acceptors (Lipinski definition) is 5. The zero-order valence-electron chi connectivity index (χ0n) is 16.0. The Kier molecular flexibility index (Phi) is 7.12. The van der Waals surface area contributed by atoms with Gasteiger partial charge in [-0.2, -0.15) is 0 Å². The van der Waals surface area contributed by atoms with Crippen LogP contribution in [0.3, 0.4) is 0 Å². The summed E-state index contributed by atoms with van der Waals surface area (Å²) in [5.74, 6) is 1.29. The van der Waals surface area contributed by atoms with Crippen LogP contribution in [0.2, 0.25) is 0 Å². The molecular weight excluding hydrogens is 334 g/mol. The minimum Gasteiger partial charge on any atom is -0.493 e. The van der Waals surface area contributed by atoms with Crippen molar-refractivity contribution >= 4 is 17.6 Å². The van der Waals surface area contributed by atoms with E-state index < -0.39 is 6.03 Å². The highest BCUT2D eigenvalue weighted by molar-refractivity contribution is 5.96. The van der Waals surface area contributed by atoms with Gasteiger partial charge in [0.25, 0.3) is 0 Å². The van der Waals surface area contributed by atoms with E-state index in [0.29, 0.717) is 17.4 Å². The van der Waals surface area contributed by atoms with Crippen molar-refractivity contribution in [2.75, 3.05) is 32.7 Å². The molecule has 1 aromatic carbocycles. The van der Waals surface area contributed by atoms with Crippen molar-refractivity contribution in [3.05, 3.63) is 18.2 Å². The summed E-state index contributed by atoms with van der Waals surface area (Å²) in [6, 6.07) is 5.11. The molecule has 3 amide bonds. The predicted octanol–water partition coefficient (Wildman–Crippen LogP) is 2.54. The van der Waals surface area contributed by atoms with E-state index >= 15 is 0 Å². The fraction of sp³-hybridized carbons (Fsp3) is 0.579. The van der Waals surface area contributed by atoms with Gasteiger partial charge in [-0.1, -0.05) is 19.8 Å². The first kappa shape index (κ1) is 19.9. The van der Waals surface area contributed by atoms with Crippen LogP contribution in [0.1, 0.15) is 32.6 Å². The monoisotopic (exact) mass is 363 g/mol. The molecule has 2 rings (SSSR count). The van der Waals surface area contributed by atoms with E-state index in [9.17, 15) is 9.59 Å². The molecule has 1 aliphatic carbocycles.